The Hall–Kier alpha value is 0.160. The first kappa shape index (κ1) is 9.16. The van der Waals surface area contributed by atoms with E-state index in [9.17, 15) is 8.42 Å². The zero-order chi connectivity index (χ0) is 7.65. The number of rotatable bonds is 2. The van der Waals surface area contributed by atoms with E-state index in [4.69, 9.17) is 21.9 Å². The molecule has 0 bridgehead atoms. The molecule has 2 unspecified atom stereocenters. The lowest BCUT2D eigenvalue weighted by Gasteiger charge is -2.07. The minimum absolute atomic E-state index is 0.762. The van der Waals surface area contributed by atoms with Crippen LogP contribution in [0, 0.1) is 0 Å². The van der Waals surface area contributed by atoms with Crippen LogP contribution < -0.4 is 5.73 Å². The van der Waals surface area contributed by atoms with Crippen LogP contribution in [0.15, 0.2) is 0 Å². The third-order valence-corrected chi connectivity index (χ3v) is 2.77. The number of nitrogens with two attached hydrogens (primary N) is 1. The molecular formula is C3H8ClNO3S. The van der Waals surface area contributed by atoms with Crippen molar-refractivity contribution in [2.45, 2.75) is 17.7 Å². The average molecular weight is 174 g/mol. The Morgan fingerprint density at radius 2 is 2.00 bits per heavy atom. The third-order valence-electron chi connectivity index (χ3n) is 0.698. The van der Waals surface area contributed by atoms with Crippen molar-refractivity contribution in [1.29, 1.82) is 0 Å². The van der Waals surface area contributed by atoms with Gasteiger partial charge in [-0.1, -0.05) is 0 Å². The van der Waals surface area contributed by atoms with Gasteiger partial charge >= 0.3 is 0 Å². The van der Waals surface area contributed by atoms with E-state index in [-0.39, 0.29) is 0 Å². The van der Waals surface area contributed by atoms with E-state index >= 15 is 0 Å². The van der Waals surface area contributed by atoms with Crippen molar-refractivity contribution in [3.8, 4) is 0 Å². The minimum atomic E-state index is -4.16. The fourth-order valence-corrected chi connectivity index (χ4v) is 0.814. The zero-order valence-corrected chi connectivity index (χ0v) is 6.35. The van der Waals surface area contributed by atoms with Crippen molar-refractivity contribution >= 4 is 21.7 Å². The van der Waals surface area contributed by atoms with Crippen LogP contribution >= 0.6 is 11.6 Å². The molecule has 0 saturated carbocycles. The highest BCUT2D eigenvalue weighted by Crippen LogP contribution is 2.06. The highest BCUT2D eigenvalue weighted by molar-refractivity contribution is 7.87. The van der Waals surface area contributed by atoms with Crippen molar-refractivity contribution in [1.82, 2.24) is 0 Å². The van der Waals surface area contributed by atoms with Gasteiger partial charge in [0.15, 0.2) is 4.71 Å². The molecule has 0 fully saturated rings. The Morgan fingerprint density at radius 1 is 1.67 bits per heavy atom. The molecule has 0 radical (unpaired) electrons. The second kappa shape index (κ2) is 2.83. The normalized spacial score (nSPS) is 19.1. The first-order valence-electron chi connectivity index (χ1n) is 2.21. The zero-order valence-electron chi connectivity index (χ0n) is 4.78. The lowest BCUT2D eigenvalue weighted by atomic mass is 10.4. The van der Waals surface area contributed by atoms with Gasteiger partial charge in [0.2, 0.25) is 0 Å². The van der Waals surface area contributed by atoms with E-state index in [1.807, 2.05) is 0 Å². The van der Waals surface area contributed by atoms with E-state index in [1.165, 1.54) is 6.92 Å². The van der Waals surface area contributed by atoms with Crippen LogP contribution in [0.3, 0.4) is 0 Å². The quantitative estimate of drug-likeness (QED) is 0.447. The topological polar surface area (TPSA) is 80.4 Å². The highest BCUT2D eigenvalue weighted by Gasteiger charge is 2.23. The summed E-state index contributed by atoms with van der Waals surface area (Å²) >= 11 is 5.13. The lowest BCUT2D eigenvalue weighted by molar-refractivity contribution is 0.473. The Balaban J connectivity index is 4.24. The van der Waals surface area contributed by atoms with Crippen molar-refractivity contribution in [3.05, 3.63) is 0 Å². The Labute approximate surface area is 58.7 Å². The summed E-state index contributed by atoms with van der Waals surface area (Å²) in [6.45, 7) is 1.39. The maximum Gasteiger partial charge on any atom is 0.283 e. The maximum atomic E-state index is 10.1. The summed E-state index contributed by atoms with van der Waals surface area (Å²) in [6.07, 6.45) is 0. The first-order chi connectivity index (χ1) is 3.85. The molecule has 0 aliphatic heterocycles. The molecule has 4 nitrogen and oxygen atoms in total. The summed E-state index contributed by atoms with van der Waals surface area (Å²) in [6, 6.07) is -0.762. The SMILES string of the molecule is CC(N)C(Cl)S(=O)(=O)O. The van der Waals surface area contributed by atoms with Crippen LogP contribution in [0.4, 0.5) is 0 Å². The molecule has 0 spiro atoms. The summed E-state index contributed by atoms with van der Waals surface area (Å²) in [5.41, 5.74) is 5.05. The van der Waals surface area contributed by atoms with Crippen molar-refractivity contribution in [2.24, 2.45) is 5.73 Å². The van der Waals surface area contributed by atoms with Gasteiger partial charge in [0, 0.05) is 6.04 Å². The second-order valence-corrected chi connectivity index (χ2v) is 3.99. The van der Waals surface area contributed by atoms with Crippen LogP contribution in [0.25, 0.3) is 0 Å². The molecule has 2 atom stereocenters. The summed E-state index contributed by atoms with van der Waals surface area (Å²) in [4.78, 5) is 0. The van der Waals surface area contributed by atoms with E-state index < -0.39 is 20.9 Å². The van der Waals surface area contributed by atoms with Gasteiger partial charge in [-0.05, 0) is 6.92 Å². The van der Waals surface area contributed by atoms with Gasteiger partial charge in [0.25, 0.3) is 10.1 Å². The fourth-order valence-electron chi connectivity index (χ4n) is 0.271. The molecule has 0 saturated heterocycles. The van der Waals surface area contributed by atoms with Gasteiger partial charge in [-0.3, -0.25) is 4.55 Å². The van der Waals surface area contributed by atoms with Gasteiger partial charge in [-0.25, -0.2) is 0 Å². The van der Waals surface area contributed by atoms with E-state index in [2.05, 4.69) is 0 Å². The molecule has 6 heteroatoms. The minimum Gasteiger partial charge on any atom is -0.326 e. The largest absolute Gasteiger partial charge is 0.326 e. The summed E-state index contributed by atoms with van der Waals surface area (Å²) < 4.78 is 27.0. The molecule has 0 aromatic rings. The summed E-state index contributed by atoms with van der Waals surface area (Å²) in [7, 11) is -4.16. The van der Waals surface area contributed by atoms with E-state index in [0.29, 0.717) is 0 Å². The van der Waals surface area contributed by atoms with Gasteiger partial charge in [0.05, 0.1) is 0 Å². The van der Waals surface area contributed by atoms with Crippen LogP contribution in [-0.4, -0.2) is 23.7 Å². The Kier molecular flexibility index (Phi) is 2.88. The molecule has 0 aliphatic carbocycles. The van der Waals surface area contributed by atoms with E-state index in [1.54, 1.807) is 0 Å². The molecule has 3 N–H and O–H groups in total. The van der Waals surface area contributed by atoms with Crippen LogP contribution in [0.1, 0.15) is 6.92 Å². The molecule has 0 aliphatic rings. The molecule has 56 valence electrons. The molecule has 0 amide bonds. The molecule has 0 heterocycles. The van der Waals surface area contributed by atoms with Crippen LogP contribution in [0.5, 0.6) is 0 Å². The highest BCUT2D eigenvalue weighted by atomic mass is 35.5. The number of alkyl halides is 1. The summed E-state index contributed by atoms with van der Waals surface area (Å²) in [5.74, 6) is 0. The van der Waals surface area contributed by atoms with Gasteiger partial charge in [-0.2, -0.15) is 8.42 Å². The Bertz CT molecular complexity index is 175. The van der Waals surface area contributed by atoms with Crippen molar-refractivity contribution in [3.63, 3.8) is 0 Å². The predicted molar refractivity (Wildman–Crippen MR) is 34.8 cm³/mol. The van der Waals surface area contributed by atoms with Crippen molar-refractivity contribution in [2.75, 3.05) is 0 Å². The maximum absolute atomic E-state index is 10.1. The summed E-state index contributed by atoms with van der Waals surface area (Å²) in [5, 5.41) is 0. The van der Waals surface area contributed by atoms with Crippen LogP contribution in [0.2, 0.25) is 0 Å². The number of halogens is 1. The smallest absolute Gasteiger partial charge is 0.283 e. The average Bonchev–Trinajstić information content (AvgIpc) is 1.62. The first-order valence-corrected chi connectivity index (χ1v) is 4.15. The van der Waals surface area contributed by atoms with Crippen molar-refractivity contribution < 1.29 is 13.0 Å². The Morgan fingerprint density at radius 3 is 2.00 bits per heavy atom. The third kappa shape index (κ3) is 3.00. The van der Waals surface area contributed by atoms with Gasteiger partial charge < -0.3 is 5.73 Å². The second-order valence-electron chi connectivity index (χ2n) is 1.73. The lowest BCUT2D eigenvalue weighted by Crippen LogP contribution is -2.33. The van der Waals surface area contributed by atoms with E-state index in [0.717, 1.165) is 0 Å². The standard InChI is InChI=1S/C3H8ClNO3S/c1-2(5)3(4)9(6,7)8/h2-3H,5H2,1H3,(H,6,7,8). The number of hydrogen-bond acceptors (Lipinski definition) is 3. The molecule has 9 heavy (non-hydrogen) atoms. The number of hydrogen-bond donors (Lipinski definition) is 2. The van der Waals surface area contributed by atoms with Crippen LogP contribution in [-0.2, 0) is 10.1 Å². The van der Waals surface area contributed by atoms with Gasteiger partial charge in [0.1, 0.15) is 0 Å². The molecular weight excluding hydrogens is 166 g/mol. The molecule has 0 aromatic heterocycles. The van der Waals surface area contributed by atoms with Gasteiger partial charge in [-0.15, -0.1) is 11.6 Å². The predicted octanol–water partition coefficient (Wildman–Crippen LogP) is -0.214. The fraction of sp³-hybridized carbons (Fsp3) is 1.00. The molecule has 0 rings (SSSR count). The monoisotopic (exact) mass is 173 g/mol. The molecule has 0 aromatic carbocycles.